The quantitative estimate of drug-likeness (QED) is 0.801. The molecule has 126 valence electrons. The van der Waals surface area contributed by atoms with Crippen molar-refractivity contribution < 1.29 is 18.3 Å². The van der Waals surface area contributed by atoms with Gasteiger partial charge in [0.25, 0.3) is 5.92 Å². The number of piperidine rings is 1. The van der Waals surface area contributed by atoms with Gasteiger partial charge in [0.05, 0.1) is 7.11 Å². The van der Waals surface area contributed by atoms with E-state index in [0.717, 1.165) is 25.1 Å². The Morgan fingerprint density at radius 2 is 2.30 bits per heavy atom. The standard InChI is InChI=1S/C17H22F2N2O2/c1-11-4-3-7-21(9-11)10-12-8-14(16(22)23-2)20-15-13(12)5-6-17(15,18)19/h8,11H,3-7,9-10H2,1-2H3/t11-/m0/s1. The lowest BCUT2D eigenvalue weighted by atomic mass is 9.98. The number of hydrogen-bond donors (Lipinski definition) is 0. The highest BCUT2D eigenvalue weighted by Gasteiger charge is 2.43. The van der Waals surface area contributed by atoms with Gasteiger partial charge in [0, 0.05) is 19.5 Å². The van der Waals surface area contributed by atoms with E-state index in [0.29, 0.717) is 24.4 Å². The fourth-order valence-electron chi connectivity index (χ4n) is 3.63. The molecule has 2 aliphatic rings. The van der Waals surface area contributed by atoms with Crippen LogP contribution in [0, 0.1) is 5.92 Å². The van der Waals surface area contributed by atoms with Crippen LogP contribution < -0.4 is 0 Å². The highest BCUT2D eigenvalue weighted by atomic mass is 19.3. The van der Waals surface area contributed by atoms with Gasteiger partial charge in [0.2, 0.25) is 0 Å². The molecule has 1 fully saturated rings. The molecule has 2 heterocycles. The Bertz CT molecular complexity index is 619. The maximum absolute atomic E-state index is 14.1. The molecule has 3 rings (SSSR count). The normalized spacial score (nSPS) is 23.6. The predicted octanol–water partition coefficient (Wildman–Crippen LogP) is 3.14. The third-order valence-electron chi connectivity index (χ3n) is 4.78. The lowest BCUT2D eigenvalue weighted by Gasteiger charge is -2.31. The summed E-state index contributed by atoms with van der Waals surface area (Å²) >= 11 is 0. The van der Waals surface area contributed by atoms with E-state index in [-0.39, 0.29) is 17.8 Å². The number of esters is 1. The third-order valence-corrected chi connectivity index (χ3v) is 4.78. The fourth-order valence-corrected chi connectivity index (χ4v) is 3.63. The van der Waals surface area contributed by atoms with Gasteiger partial charge in [0.15, 0.2) is 0 Å². The van der Waals surface area contributed by atoms with Crippen LogP contribution in [0.3, 0.4) is 0 Å². The largest absolute Gasteiger partial charge is 0.464 e. The SMILES string of the molecule is COC(=O)c1cc(CN2CCC[C@H](C)C2)c2c(n1)C(F)(F)CC2. The summed E-state index contributed by atoms with van der Waals surface area (Å²) in [6, 6.07) is 1.63. The summed E-state index contributed by atoms with van der Waals surface area (Å²) in [4.78, 5) is 18.0. The molecule has 0 N–H and O–H groups in total. The highest BCUT2D eigenvalue weighted by Crippen LogP contribution is 2.42. The number of likely N-dealkylation sites (tertiary alicyclic amines) is 1. The minimum atomic E-state index is -2.96. The highest BCUT2D eigenvalue weighted by molar-refractivity contribution is 5.87. The first-order valence-corrected chi connectivity index (χ1v) is 8.12. The number of carbonyl (C=O) groups is 1. The van der Waals surface area contributed by atoms with Gasteiger partial charge in [-0.2, -0.15) is 8.78 Å². The first-order chi connectivity index (χ1) is 10.9. The number of hydrogen-bond acceptors (Lipinski definition) is 4. The van der Waals surface area contributed by atoms with Crippen molar-refractivity contribution in [2.24, 2.45) is 5.92 Å². The summed E-state index contributed by atoms with van der Waals surface area (Å²) in [5.41, 5.74) is 1.15. The lowest BCUT2D eigenvalue weighted by Crippen LogP contribution is -2.34. The van der Waals surface area contributed by atoms with E-state index < -0.39 is 11.9 Å². The Morgan fingerprint density at radius 3 is 3.00 bits per heavy atom. The van der Waals surface area contributed by atoms with E-state index in [2.05, 4.69) is 21.5 Å². The van der Waals surface area contributed by atoms with Gasteiger partial charge >= 0.3 is 5.97 Å². The molecule has 0 aromatic carbocycles. The van der Waals surface area contributed by atoms with Crippen LogP contribution in [0.15, 0.2) is 6.07 Å². The van der Waals surface area contributed by atoms with Crippen molar-refractivity contribution in [1.29, 1.82) is 0 Å². The smallest absolute Gasteiger partial charge is 0.356 e. The number of aromatic nitrogens is 1. The van der Waals surface area contributed by atoms with Crippen LogP contribution in [0.1, 0.15) is 53.5 Å². The first-order valence-electron chi connectivity index (χ1n) is 8.12. The second-order valence-corrected chi connectivity index (χ2v) is 6.67. The van der Waals surface area contributed by atoms with E-state index in [4.69, 9.17) is 0 Å². The molecule has 0 bridgehead atoms. The van der Waals surface area contributed by atoms with E-state index in [1.807, 2.05) is 0 Å². The molecule has 0 saturated carbocycles. The number of rotatable bonds is 3. The molecule has 1 saturated heterocycles. The van der Waals surface area contributed by atoms with Crippen molar-refractivity contribution in [3.05, 3.63) is 28.6 Å². The van der Waals surface area contributed by atoms with Gasteiger partial charge in [-0.25, -0.2) is 9.78 Å². The molecule has 1 aromatic rings. The molecule has 0 amide bonds. The molecule has 1 atom stereocenters. The molecule has 1 aromatic heterocycles. The van der Waals surface area contributed by atoms with Crippen molar-refractivity contribution in [2.45, 2.75) is 45.1 Å². The number of fused-ring (bicyclic) bond motifs is 1. The van der Waals surface area contributed by atoms with Crippen LogP contribution in [-0.4, -0.2) is 36.1 Å². The average molecular weight is 324 g/mol. The van der Waals surface area contributed by atoms with Crippen LogP contribution in [0.25, 0.3) is 0 Å². The maximum Gasteiger partial charge on any atom is 0.356 e. The van der Waals surface area contributed by atoms with Gasteiger partial charge in [0.1, 0.15) is 11.4 Å². The van der Waals surface area contributed by atoms with Gasteiger partial charge in [-0.05, 0) is 48.9 Å². The Kier molecular flexibility index (Phi) is 4.36. The molecule has 4 nitrogen and oxygen atoms in total. The van der Waals surface area contributed by atoms with Crippen LogP contribution in [0.5, 0.6) is 0 Å². The number of carbonyl (C=O) groups excluding carboxylic acids is 1. The maximum atomic E-state index is 14.1. The zero-order valence-corrected chi connectivity index (χ0v) is 13.6. The van der Waals surface area contributed by atoms with E-state index in [1.54, 1.807) is 6.07 Å². The van der Waals surface area contributed by atoms with Crippen LogP contribution in [0.4, 0.5) is 8.78 Å². The zero-order valence-electron chi connectivity index (χ0n) is 13.6. The monoisotopic (exact) mass is 324 g/mol. The molecule has 6 heteroatoms. The number of pyridine rings is 1. The van der Waals surface area contributed by atoms with Crippen molar-refractivity contribution in [1.82, 2.24) is 9.88 Å². The Labute approximate surface area is 134 Å². The number of alkyl halides is 2. The summed E-state index contributed by atoms with van der Waals surface area (Å²) < 4.78 is 32.8. The van der Waals surface area contributed by atoms with Gasteiger partial charge in [-0.3, -0.25) is 4.90 Å². The second kappa shape index (κ2) is 6.15. The number of nitrogens with zero attached hydrogens (tertiary/aromatic N) is 2. The van der Waals surface area contributed by atoms with Gasteiger partial charge < -0.3 is 4.74 Å². The third kappa shape index (κ3) is 3.22. The van der Waals surface area contributed by atoms with Crippen LogP contribution >= 0.6 is 0 Å². The van der Waals surface area contributed by atoms with Gasteiger partial charge in [-0.15, -0.1) is 0 Å². The van der Waals surface area contributed by atoms with Crippen molar-refractivity contribution in [3.8, 4) is 0 Å². The van der Waals surface area contributed by atoms with Crippen LogP contribution in [0.2, 0.25) is 0 Å². The van der Waals surface area contributed by atoms with Crippen LogP contribution in [-0.2, 0) is 23.6 Å². The zero-order chi connectivity index (χ0) is 16.6. The molecule has 1 aliphatic carbocycles. The predicted molar refractivity (Wildman–Crippen MR) is 81.5 cm³/mol. The molecule has 0 spiro atoms. The number of ether oxygens (including phenoxy) is 1. The Balaban J connectivity index is 1.95. The second-order valence-electron chi connectivity index (χ2n) is 6.67. The molecule has 0 unspecified atom stereocenters. The first kappa shape index (κ1) is 16.3. The van der Waals surface area contributed by atoms with Crippen molar-refractivity contribution in [2.75, 3.05) is 20.2 Å². The molecular weight excluding hydrogens is 302 g/mol. The number of halogens is 2. The Hall–Kier alpha value is -1.56. The minimum absolute atomic E-state index is 0.0205. The summed E-state index contributed by atoms with van der Waals surface area (Å²) in [6.45, 7) is 4.72. The average Bonchev–Trinajstić information content (AvgIpc) is 2.82. The number of methoxy groups -OCH3 is 1. The molecule has 0 radical (unpaired) electrons. The van der Waals surface area contributed by atoms with Crippen molar-refractivity contribution in [3.63, 3.8) is 0 Å². The minimum Gasteiger partial charge on any atom is -0.464 e. The van der Waals surface area contributed by atoms with Crippen molar-refractivity contribution >= 4 is 5.97 Å². The molecular formula is C17H22F2N2O2. The summed E-state index contributed by atoms with van der Waals surface area (Å²) in [6.07, 6.45) is 2.41. The van der Waals surface area contributed by atoms with E-state index in [9.17, 15) is 13.6 Å². The molecule has 1 aliphatic heterocycles. The van der Waals surface area contributed by atoms with Gasteiger partial charge in [-0.1, -0.05) is 6.92 Å². The topological polar surface area (TPSA) is 42.4 Å². The fraction of sp³-hybridized carbons (Fsp3) is 0.647. The summed E-state index contributed by atoms with van der Waals surface area (Å²) in [5, 5.41) is 0. The van der Waals surface area contributed by atoms with E-state index in [1.165, 1.54) is 13.5 Å². The summed E-state index contributed by atoms with van der Waals surface area (Å²) in [5.74, 6) is -3.01. The van der Waals surface area contributed by atoms with E-state index >= 15 is 0 Å². The summed E-state index contributed by atoms with van der Waals surface area (Å²) in [7, 11) is 1.24. The molecule has 23 heavy (non-hydrogen) atoms. The Morgan fingerprint density at radius 1 is 1.52 bits per heavy atom. The lowest BCUT2D eigenvalue weighted by molar-refractivity contribution is -0.00613.